The maximum Gasteiger partial charge on any atom is 0.334 e. The van der Waals surface area contributed by atoms with Gasteiger partial charge in [0.25, 0.3) is 11.8 Å². The van der Waals surface area contributed by atoms with Gasteiger partial charge in [0.05, 0.1) is 24.3 Å². The molecule has 37 heavy (non-hydrogen) atoms. The smallest absolute Gasteiger partial charge is 0.330 e. The van der Waals surface area contributed by atoms with E-state index in [1.165, 1.54) is 0 Å². The SMILES string of the molecule is O=C[C@@]12CCCCC=C1N(Cc1ccc(-c3ccccc3)cc1)C(=O)[C@H]2CC(=O)ON1C(=O)CCC1=O. The van der Waals surface area contributed by atoms with Crippen LogP contribution in [0.25, 0.3) is 11.1 Å². The third-order valence-corrected chi connectivity index (χ3v) is 7.52. The summed E-state index contributed by atoms with van der Waals surface area (Å²) in [4.78, 5) is 69.5. The highest BCUT2D eigenvalue weighted by Crippen LogP contribution is 2.51. The molecule has 3 amide bonds. The van der Waals surface area contributed by atoms with Crippen LogP contribution in [-0.4, -0.2) is 39.9 Å². The minimum absolute atomic E-state index is 0.0174. The van der Waals surface area contributed by atoms with E-state index in [1.54, 1.807) is 4.90 Å². The van der Waals surface area contributed by atoms with Gasteiger partial charge in [-0.1, -0.05) is 67.1 Å². The lowest BCUT2D eigenvalue weighted by molar-refractivity contribution is -0.198. The van der Waals surface area contributed by atoms with Crippen molar-refractivity contribution in [3.63, 3.8) is 0 Å². The summed E-state index contributed by atoms with van der Waals surface area (Å²) in [6.07, 6.45) is 5.09. The van der Waals surface area contributed by atoms with Crippen LogP contribution in [0.15, 0.2) is 66.4 Å². The fourth-order valence-corrected chi connectivity index (χ4v) is 5.57. The summed E-state index contributed by atoms with van der Waals surface area (Å²) in [6, 6.07) is 17.9. The van der Waals surface area contributed by atoms with Crippen LogP contribution in [0.4, 0.5) is 0 Å². The molecule has 0 bridgehead atoms. The Morgan fingerprint density at radius 3 is 2.30 bits per heavy atom. The van der Waals surface area contributed by atoms with Gasteiger partial charge in [-0.05, 0) is 36.0 Å². The molecule has 0 aromatic heterocycles. The average Bonchev–Trinajstić information content (AvgIpc) is 3.22. The van der Waals surface area contributed by atoms with Crippen LogP contribution in [0.2, 0.25) is 0 Å². The van der Waals surface area contributed by atoms with E-state index < -0.39 is 35.5 Å². The Labute approximate surface area is 214 Å². The average molecular weight is 501 g/mol. The van der Waals surface area contributed by atoms with E-state index in [0.717, 1.165) is 42.2 Å². The highest BCUT2D eigenvalue weighted by Gasteiger charge is 2.57. The molecule has 0 saturated carbocycles. The Kier molecular flexibility index (Phi) is 6.74. The highest BCUT2D eigenvalue weighted by atomic mass is 16.7. The zero-order valence-electron chi connectivity index (χ0n) is 20.4. The summed E-state index contributed by atoms with van der Waals surface area (Å²) >= 11 is 0. The van der Waals surface area contributed by atoms with Gasteiger partial charge in [0.15, 0.2) is 0 Å². The Morgan fingerprint density at radius 2 is 1.62 bits per heavy atom. The van der Waals surface area contributed by atoms with Gasteiger partial charge in [0.2, 0.25) is 5.91 Å². The third kappa shape index (κ3) is 4.59. The van der Waals surface area contributed by atoms with Crippen molar-refractivity contribution in [3.05, 3.63) is 71.9 Å². The minimum Gasteiger partial charge on any atom is -0.330 e. The summed E-state index contributed by atoms with van der Waals surface area (Å²) in [5.41, 5.74) is 2.53. The molecular formula is C29H28N2O6. The first-order chi connectivity index (χ1) is 17.9. The van der Waals surface area contributed by atoms with Crippen molar-refractivity contribution in [2.45, 2.75) is 51.5 Å². The van der Waals surface area contributed by atoms with Crippen molar-refractivity contribution in [1.29, 1.82) is 0 Å². The summed E-state index contributed by atoms with van der Waals surface area (Å²) in [5.74, 6) is -3.34. The Hall–Kier alpha value is -4.07. The number of amides is 3. The number of likely N-dealkylation sites (tertiary alicyclic amines) is 1. The van der Waals surface area contributed by atoms with Crippen LogP contribution in [0.3, 0.4) is 0 Å². The number of allylic oxidation sites excluding steroid dienone is 2. The molecule has 3 aliphatic rings. The normalized spacial score (nSPS) is 23.5. The van der Waals surface area contributed by atoms with Crippen molar-refractivity contribution in [2.24, 2.45) is 11.3 Å². The zero-order valence-corrected chi connectivity index (χ0v) is 20.4. The number of fused-ring (bicyclic) bond motifs is 1. The van der Waals surface area contributed by atoms with Crippen molar-refractivity contribution in [3.8, 4) is 11.1 Å². The lowest BCUT2D eigenvalue weighted by atomic mass is 9.72. The van der Waals surface area contributed by atoms with Crippen LogP contribution < -0.4 is 0 Å². The predicted molar refractivity (Wildman–Crippen MR) is 133 cm³/mol. The summed E-state index contributed by atoms with van der Waals surface area (Å²) < 4.78 is 0. The molecule has 0 unspecified atom stereocenters. The molecular weight excluding hydrogens is 472 g/mol. The fraction of sp³-hybridized carbons (Fsp3) is 0.345. The van der Waals surface area contributed by atoms with Gasteiger partial charge >= 0.3 is 5.97 Å². The molecule has 8 nitrogen and oxygen atoms in total. The van der Waals surface area contributed by atoms with Crippen LogP contribution in [-0.2, 0) is 35.4 Å². The van der Waals surface area contributed by atoms with Gasteiger partial charge in [-0.25, -0.2) is 4.79 Å². The second-order valence-electron chi connectivity index (χ2n) is 9.78. The number of rotatable bonds is 7. The number of carbonyl (C=O) groups is 5. The molecule has 0 spiro atoms. The fourth-order valence-electron chi connectivity index (χ4n) is 5.57. The molecule has 0 N–H and O–H groups in total. The predicted octanol–water partition coefficient (Wildman–Crippen LogP) is 3.95. The Bertz CT molecular complexity index is 1250. The number of carbonyl (C=O) groups excluding carboxylic acids is 5. The number of hydroxylamine groups is 2. The first kappa shape index (κ1) is 24.6. The molecule has 1 aliphatic carbocycles. The second kappa shape index (κ2) is 10.1. The van der Waals surface area contributed by atoms with E-state index in [-0.39, 0.29) is 25.3 Å². The van der Waals surface area contributed by atoms with Crippen LogP contribution in [0.5, 0.6) is 0 Å². The van der Waals surface area contributed by atoms with Crippen LogP contribution >= 0.6 is 0 Å². The lowest BCUT2D eigenvalue weighted by Crippen LogP contribution is -2.37. The topological polar surface area (TPSA) is 101 Å². The Balaban J connectivity index is 1.39. The zero-order chi connectivity index (χ0) is 26.0. The van der Waals surface area contributed by atoms with Crippen molar-refractivity contribution in [2.75, 3.05) is 0 Å². The summed E-state index contributed by atoms with van der Waals surface area (Å²) in [7, 11) is 0. The van der Waals surface area contributed by atoms with Crippen LogP contribution in [0, 0.1) is 11.3 Å². The molecule has 2 fully saturated rings. The van der Waals surface area contributed by atoms with E-state index in [0.29, 0.717) is 17.2 Å². The van der Waals surface area contributed by atoms with Crippen LogP contribution in [0.1, 0.15) is 50.5 Å². The highest BCUT2D eigenvalue weighted by molar-refractivity contribution is 6.02. The van der Waals surface area contributed by atoms with Crippen molar-refractivity contribution < 1.29 is 28.8 Å². The van der Waals surface area contributed by atoms with E-state index in [1.807, 2.05) is 60.7 Å². The van der Waals surface area contributed by atoms with E-state index in [4.69, 9.17) is 4.84 Å². The number of hydrogen-bond donors (Lipinski definition) is 0. The molecule has 2 aromatic carbocycles. The number of aldehydes is 1. The molecule has 2 aliphatic heterocycles. The largest absolute Gasteiger partial charge is 0.334 e. The maximum absolute atomic E-state index is 13.7. The number of nitrogens with zero attached hydrogens (tertiary/aromatic N) is 2. The number of imide groups is 1. The van der Waals surface area contributed by atoms with E-state index in [9.17, 15) is 24.0 Å². The quantitative estimate of drug-likeness (QED) is 0.422. The molecule has 5 rings (SSSR count). The van der Waals surface area contributed by atoms with Gasteiger partial charge in [-0.3, -0.25) is 14.4 Å². The van der Waals surface area contributed by atoms with Gasteiger partial charge in [0, 0.05) is 18.5 Å². The van der Waals surface area contributed by atoms with E-state index in [2.05, 4.69) is 0 Å². The minimum atomic E-state index is -1.14. The Morgan fingerprint density at radius 1 is 0.946 bits per heavy atom. The number of hydrogen-bond acceptors (Lipinski definition) is 6. The van der Waals surface area contributed by atoms with Gasteiger partial charge in [-0.2, -0.15) is 0 Å². The standard InChI is InChI=1S/C29H28N2O6/c32-19-29-16-6-2-5-9-24(29)30(18-20-10-12-22(13-11-20)21-7-3-1-4-8-21)28(36)23(29)17-27(35)37-31-25(33)14-15-26(31)34/h1,3-4,7-13,19,23H,2,5-6,14-18H2/t23-,29-/m1/s1. The second-order valence-corrected chi connectivity index (χ2v) is 9.78. The molecule has 2 heterocycles. The molecule has 2 saturated heterocycles. The molecule has 0 radical (unpaired) electrons. The molecule has 190 valence electrons. The van der Waals surface area contributed by atoms with Crippen molar-refractivity contribution >= 4 is 30.0 Å². The summed E-state index contributed by atoms with van der Waals surface area (Å²) in [6.45, 7) is 0.268. The third-order valence-electron chi connectivity index (χ3n) is 7.52. The van der Waals surface area contributed by atoms with E-state index >= 15 is 0 Å². The van der Waals surface area contributed by atoms with Gasteiger partial charge in [0.1, 0.15) is 6.29 Å². The number of benzene rings is 2. The first-order valence-electron chi connectivity index (χ1n) is 12.6. The first-order valence-corrected chi connectivity index (χ1v) is 12.6. The summed E-state index contributed by atoms with van der Waals surface area (Å²) in [5, 5.41) is 0.477. The lowest BCUT2D eigenvalue weighted by Gasteiger charge is -2.28. The van der Waals surface area contributed by atoms with Gasteiger partial charge < -0.3 is 14.5 Å². The van der Waals surface area contributed by atoms with Gasteiger partial charge in [-0.15, -0.1) is 5.06 Å². The maximum atomic E-state index is 13.7. The molecule has 2 atom stereocenters. The molecule has 8 heteroatoms. The molecule has 2 aromatic rings. The van der Waals surface area contributed by atoms with Crippen molar-refractivity contribution in [1.82, 2.24) is 9.96 Å². The monoisotopic (exact) mass is 500 g/mol.